The number of nitrogens with one attached hydrogen (secondary N) is 3. The molecule has 9 rings (SSSR count). The van der Waals surface area contributed by atoms with Gasteiger partial charge in [0, 0.05) is 78.9 Å². The summed E-state index contributed by atoms with van der Waals surface area (Å²) in [6.45, 7) is 18.0. The number of aliphatic imine (C=N–C) groups is 1. The monoisotopic (exact) mass is 1360 g/mol. The molecule has 25 heteroatoms. The van der Waals surface area contributed by atoms with E-state index in [-0.39, 0.29) is 104 Å². The first-order chi connectivity index (χ1) is 45.2. The number of halogens is 4. The van der Waals surface area contributed by atoms with E-state index >= 15 is 13.6 Å². The summed E-state index contributed by atoms with van der Waals surface area (Å²) in [5, 5.41) is 9.39. The molecule has 2 aliphatic rings. The largest absolute Gasteiger partial charge is 0.493 e. The summed E-state index contributed by atoms with van der Waals surface area (Å²) >= 11 is 12.9. The Morgan fingerprint density at radius 3 is 1.93 bits per heavy atom. The third-order valence-corrected chi connectivity index (χ3v) is 18.5. The molecule has 5 amide bonds. The lowest BCUT2D eigenvalue weighted by Gasteiger charge is -2.47. The van der Waals surface area contributed by atoms with Gasteiger partial charge in [-0.2, -0.15) is 8.78 Å². The number of carbonyl (C=O) groups is 4. The number of fused-ring (bicyclic) bond motifs is 1. The van der Waals surface area contributed by atoms with Gasteiger partial charge < -0.3 is 49.1 Å². The maximum atomic E-state index is 16.3. The molecule has 0 radical (unpaired) electrons. The molecule has 2 aliphatic heterocycles. The van der Waals surface area contributed by atoms with Gasteiger partial charge in [-0.3, -0.25) is 29.2 Å². The molecule has 3 heterocycles. The van der Waals surface area contributed by atoms with E-state index in [0.717, 1.165) is 29.0 Å². The van der Waals surface area contributed by atoms with Crippen molar-refractivity contribution in [1.82, 2.24) is 34.9 Å². The Bertz CT molecular complexity index is 4030. The van der Waals surface area contributed by atoms with Crippen LogP contribution in [-0.4, -0.2) is 167 Å². The second-order valence-electron chi connectivity index (χ2n) is 24.4. The highest BCUT2D eigenvalue weighted by atomic mass is 35.5. The number of imidazole rings is 1. The van der Waals surface area contributed by atoms with Gasteiger partial charge in [-0.15, -0.1) is 0 Å². The molecule has 95 heavy (non-hydrogen) atoms. The second kappa shape index (κ2) is 30.8. The number of rotatable bonds is 28. The number of hydrogen-bond acceptors (Lipinski definition) is 14. The van der Waals surface area contributed by atoms with Crippen LogP contribution in [0.25, 0.3) is 11.0 Å². The van der Waals surface area contributed by atoms with Crippen LogP contribution in [0.3, 0.4) is 0 Å². The van der Waals surface area contributed by atoms with Gasteiger partial charge in [-0.05, 0) is 135 Å². The molecule has 1 unspecified atom stereocenters. The number of nitrogens with zero attached hydrogens (tertiary/aromatic N) is 6. The summed E-state index contributed by atoms with van der Waals surface area (Å²) in [5.41, 5.74) is 1.67. The number of aromatic nitrogens is 2. The number of hydrogen-bond donors (Lipinski definition) is 3. The van der Waals surface area contributed by atoms with Gasteiger partial charge in [-0.1, -0.05) is 92.5 Å². The van der Waals surface area contributed by atoms with Crippen LogP contribution in [0.1, 0.15) is 92.5 Å². The molecule has 2 atom stereocenters. The van der Waals surface area contributed by atoms with Gasteiger partial charge in [-0.25, -0.2) is 18.2 Å². The molecule has 0 saturated carbocycles. The fourth-order valence-electron chi connectivity index (χ4n) is 11.5. The Morgan fingerprint density at radius 2 is 1.31 bits per heavy atom. The predicted octanol–water partition coefficient (Wildman–Crippen LogP) is 10.8. The Labute approximate surface area is 563 Å². The zero-order valence-corrected chi connectivity index (χ0v) is 56.9. The molecule has 20 nitrogen and oxygen atoms in total. The van der Waals surface area contributed by atoms with Crippen LogP contribution in [0.5, 0.6) is 11.5 Å². The van der Waals surface area contributed by atoms with E-state index in [1.165, 1.54) is 59.2 Å². The molecule has 0 spiro atoms. The zero-order valence-electron chi connectivity index (χ0n) is 54.6. The lowest BCUT2D eigenvalue weighted by atomic mass is 9.71. The van der Waals surface area contributed by atoms with E-state index in [2.05, 4.69) is 47.8 Å². The number of alkyl halides is 2. The van der Waals surface area contributed by atoms with Crippen molar-refractivity contribution in [2.24, 2.45) is 4.99 Å². The Kier molecular flexibility index (Phi) is 23.1. The normalized spacial score (nSPS) is 17.0. The summed E-state index contributed by atoms with van der Waals surface area (Å²) in [6.07, 6.45) is 1.06. The van der Waals surface area contributed by atoms with Crippen LogP contribution < -0.4 is 25.4 Å². The van der Waals surface area contributed by atoms with E-state index in [0.29, 0.717) is 72.0 Å². The van der Waals surface area contributed by atoms with E-state index in [1.54, 1.807) is 13.0 Å². The number of amides is 5. The number of carbonyl (C=O) groups excluding carboxylic acids is 4. The summed E-state index contributed by atoms with van der Waals surface area (Å²) in [6, 6.07) is 36.4. The molecule has 1 fully saturated rings. The molecule has 0 bridgehead atoms. The summed E-state index contributed by atoms with van der Waals surface area (Å²) in [7, 11) is -3.52. The van der Waals surface area contributed by atoms with Crippen molar-refractivity contribution in [3.05, 3.63) is 183 Å². The van der Waals surface area contributed by atoms with Crippen molar-refractivity contribution >= 4 is 79.3 Å². The molecule has 6 aromatic carbocycles. The molecular formula is C70H81Cl2F2N9O11S. The van der Waals surface area contributed by atoms with Gasteiger partial charge in [0.15, 0.2) is 22.3 Å². The highest BCUT2D eigenvalue weighted by Gasteiger charge is 2.60. The Hall–Kier alpha value is -8.03. The smallest absolute Gasteiger partial charge is 0.330 e. The first-order valence-electron chi connectivity index (χ1n) is 31.5. The number of aryl methyl sites for hydroxylation is 1. The quantitative estimate of drug-likeness (QED) is 0.0389. The van der Waals surface area contributed by atoms with Crippen LogP contribution >= 0.6 is 23.2 Å². The number of anilines is 1. The number of benzene rings is 6. The average Bonchev–Trinajstić information content (AvgIpc) is 1.55. The van der Waals surface area contributed by atoms with E-state index in [1.807, 2.05) is 96.1 Å². The number of ether oxygens (including phenoxy) is 5. The minimum Gasteiger partial charge on any atom is -0.493 e. The fourth-order valence-corrected chi connectivity index (χ4v) is 12.4. The van der Waals surface area contributed by atoms with Gasteiger partial charge in [0.05, 0.1) is 74.3 Å². The minimum absolute atomic E-state index is 0.0277. The molecule has 3 N–H and O–H groups in total. The zero-order chi connectivity index (χ0) is 68.3. The maximum Gasteiger partial charge on any atom is 0.330 e. The Morgan fingerprint density at radius 1 is 0.684 bits per heavy atom. The number of piperazine rings is 1. The van der Waals surface area contributed by atoms with Gasteiger partial charge in [0.1, 0.15) is 28.4 Å². The minimum atomic E-state index is -3.61. The highest BCUT2D eigenvalue weighted by molar-refractivity contribution is 7.90. The first-order valence-corrected chi connectivity index (χ1v) is 34.1. The van der Waals surface area contributed by atoms with Crippen molar-refractivity contribution < 1.29 is 60.1 Å². The van der Waals surface area contributed by atoms with E-state index < -0.39 is 56.6 Å². The lowest BCUT2D eigenvalue weighted by Crippen LogP contribution is -2.61. The first kappa shape index (κ1) is 71.3. The van der Waals surface area contributed by atoms with Crippen LogP contribution in [0.2, 0.25) is 10.0 Å². The maximum absolute atomic E-state index is 16.3. The average molecular weight is 1370 g/mol. The standard InChI is InChI=1S/C70H81Cl2F2N9O11S/c1-9-82-59-41-47(64(86)77-54-14-12-16-56(44-54)95(8,88)89)17-28-58(59)78-65(82)70(73,74)51-13-11-15-55(42-51)94-46-62(85)76-30-36-91-38-40-92-39-37-90-35-29-75-61(84)45-80-31-33-81(34-32-80)66(87)83-63(57-27-22-50(67(3,4)5)43-60(57)93-10-2)79-68(6,48-18-23-52(71)24-19-48)69(83,7)49-20-25-53(72)26-21-49/h11-28,41-44H,9-10,29-40,45-46H2,1-8H3,(H,75,84)(H,76,85)(H,77,86)/t68?,69-/m1/s1. The number of amidine groups is 1. The Balaban J connectivity index is 0.668. The lowest BCUT2D eigenvalue weighted by molar-refractivity contribution is -0.123. The number of sulfone groups is 1. The van der Waals surface area contributed by atoms with Crippen molar-refractivity contribution in [3.8, 4) is 11.5 Å². The van der Waals surface area contributed by atoms with E-state index in [9.17, 15) is 22.8 Å². The second-order valence-corrected chi connectivity index (χ2v) is 27.3. The summed E-state index contributed by atoms with van der Waals surface area (Å²) in [5.74, 6) is -4.27. The van der Waals surface area contributed by atoms with Crippen LogP contribution in [0.4, 0.5) is 19.3 Å². The highest BCUT2D eigenvalue weighted by Crippen LogP contribution is 2.54. The van der Waals surface area contributed by atoms with Crippen molar-refractivity contribution in [3.63, 3.8) is 0 Å². The number of urea groups is 1. The third-order valence-electron chi connectivity index (χ3n) is 16.9. The molecule has 7 aromatic rings. The SMILES string of the molecule is CCOc1cc(C(C)(C)C)ccc1C1=NC(C)(c2ccc(Cl)cc2)[C@@](C)(c2ccc(Cl)cc2)N1C(=O)N1CCN(CC(=O)NCCOCCOCCOCCNC(=O)COc2cccc(C(F)(F)c3nc4ccc(C(=O)Nc5cccc(S(C)(=O)=O)c5)cc4n3CC)c2)CC1. The van der Waals surface area contributed by atoms with Crippen LogP contribution in [0, 0.1) is 0 Å². The van der Waals surface area contributed by atoms with Crippen molar-refractivity contribution in [1.29, 1.82) is 0 Å². The van der Waals surface area contributed by atoms with Gasteiger partial charge in [0.2, 0.25) is 5.91 Å². The van der Waals surface area contributed by atoms with Gasteiger partial charge in [0.25, 0.3) is 11.8 Å². The van der Waals surface area contributed by atoms with Crippen LogP contribution in [0.15, 0.2) is 143 Å². The fraction of sp³-hybridized carbons (Fsp3) is 0.400. The van der Waals surface area contributed by atoms with E-state index in [4.69, 9.17) is 51.9 Å². The van der Waals surface area contributed by atoms with Crippen molar-refractivity contribution in [2.75, 3.05) is 110 Å². The molecule has 1 aromatic heterocycles. The molecule has 506 valence electrons. The molecule has 1 saturated heterocycles. The van der Waals surface area contributed by atoms with Crippen molar-refractivity contribution in [2.45, 2.75) is 82.3 Å². The topological polar surface area (TPSA) is 225 Å². The van der Waals surface area contributed by atoms with Crippen LogP contribution in [-0.2, 0) is 62.6 Å². The molecule has 0 aliphatic carbocycles. The predicted molar refractivity (Wildman–Crippen MR) is 362 cm³/mol. The molecular weight excluding hydrogens is 1280 g/mol. The third kappa shape index (κ3) is 16.8. The summed E-state index contributed by atoms with van der Waals surface area (Å²) in [4.78, 5) is 70.0. The summed E-state index contributed by atoms with van der Waals surface area (Å²) < 4.78 is 86.8. The van der Waals surface area contributed by atoms with Gasteiger partial charge >= 0.3 is 12.0 Å².